The highest BCUT2D eigenvalue weighted by Crippen LogP contribution is 2.32. The number of alkyl halides is 3. The topological polar surface area (TPSA) is 134 Å². The van der Waals surface area contributed by atoms with E-state index in [1.807, 2.05) is 0 Å². The van der Waals surface area contributed by atoms with Gasteiger partial charge in [0.15, 0.2) is 5.71 Å². The third kappa shape index (κ3) is 6.24. The number of carbonyl (C=O) groups excluding carboxylic acids is 1. The van der Waals surface area contributed by atoms with Crippen LogP contribution >= 0.6 is 11.8 Å². The van der Waals surface area contributed by atoms with Crippen molar-refractivity contribution in [2.24, 2.45) is 10.3 Å². The standard InChI is InChI=1S/C21H17F3N6O5S/c1-34-18(31)17(28-35-2)16-9-4-3-7-14(16)12-36-20-27-26-19(21(22,23)24)29(20)25-11-13-6-5-8-15(10-13)30(32)33/h3-11H,12H2,1-2H3/b25-11+,28-17+. The average molecular weight is 522 g/mol. The summed E-state index contributed by atoms with van der Waals surface area (Å²) in [7, 11) is 2.42. The number of methoxy groups -OCH3 is 1. The van der Waals surface area contributed by atoms with E-state index in [2.05, 4.69) is 20.5 Å². The Morgan fingerprint density at radius 3 is 2.61 bits per heavy atom. The Bertz CT molecular complexity index is 1330. The number of nitrogens with zero attached hydrogens (tertiary/aromatic N) is 6. The Balaban J connectivity index is 1.95. The van der Waals surface area contributed by atoms with Crippen molar-refractivity contribution in [3.63, 3.8) is 0 Å². The summed E-state index contributed by atoms with van der Waals surface area (Å²) in [6.07, 6.45) is -3.84. The molecule has 188 valence electrons. The fraction of sp³-hybridized carbons (Fsp3) is 0.190. The first-order chi connectivity index (χ1) is 17.2. The zero-order chi connectivity index (χ0) is 26.3. The van der Waals surface area contributed by atoms with E-state index < -0.39 is 22.9 Å². The number of nitro groups is 1. The molecule has 0 amide bonds. The number of hydrogen-bond donors (Lipinski definition) is 0. The highest BCUT2D eigenvalue weighted by molar-refractivity contribution is 7.98. The Morgan fingerprint density at radius 1 is 1.19 bits per heavy atom. The third-order valence-corrected chi connectivity index (χ3v) is 5.43. The van der Waals surface area contributed by atoms with E-state index in [0.29, 0.717) is 15.8 Å². The molecule has 0 radical (unpaired) electrons. The van der Waals surface area contributed by atoms with Crippen LogP contribution in [-0.4, -0.2) is 51.9 Å². The zero-order valence-corrected chi connectivity index (χ0v) is 19.5. The van der Waals surface area contributed by atoms with E-state index in [9.17, 15) is 28.1 Å². The van der Waals surface area contributed by atoms with Gasteiger partial charge in [-0.15, -0.1) is 10.2 Å². The summed E-state index contributed by atoms with van der Waals surface area (Å²) >= 11 is 0.869. The minimum Gasteiger partial charge on any atom is -0.464 e. The lowest BCUT2D eigenvalue weighted by Gasteiger charge is -2.10. The molecule has 36 heavy (non-hydrogen) atoms. The maximum atomic E-state index is 13.5. The van der Waals surface area contributed by atoms with Crippen LogP contribution < -0.4 is 0 Å². The number of esters is 1. The molecule has 3 rings (SSSR count). The number of hydrogen-bond acceptors (Lipinski definition) is 10. The molecule has 1 heterocycles. The monoisotopic (exact) mass is 522 g/mol. The van der Waals surface area contributed by atoms with Crippen LogP contribution in [0.3, 0.4) is 0 Å². The van der Waals surface area contributed by atoms with Crippen molar-refractivity contribution < 1.29 is 32.5 Å². The number of aromatic nitrogens is 3. The maximum absolute atomic E-state index is 13.5. The maximum Gasteiger partial charge on any atom is 0.453 e. The fourth-order valence-corrected chi connectivity index (χ4v) is 3.77. The van der Waals surface area contributed by atoms with Crippen LogP contribution in [0.2, 0.25) is 0 Å². The van der Waals surface area contributed by atoms with Crippen LogP contribution in [-0.2, 0) is 26.3 Å². The van der Waals surface area contributed by atoms with Gasteiger partial charge in [-0.2, -0.15) is 22.9 Å². The summed E-state index contributed by atoms with van der Waals surface area (Å²) in [6.45, 7) is 0. The molecule has 1 aromatic heterocycles. The van der Waals surface area contributed by atoms with Gasteiger partial charge >= 0.3 is 12.1 Å². The van der Waals surface area contributed by atoms with Crippen molar-refractivity contribution in [3.8, 4) is 0 Å². The van der Waals surface area contributed by atoms with Crippen LogP contribution in [0.5, 0.6) is 0 Å². The van der Waals surface area contributed by atoms with Crippen molar-refractivity contribution in [3.05, 3.63) is 81.2 Å². The molecule has 0 fully saturated rings. The second-order valence-electron chi connectivity index (χ2n) is 6.77. The van der Waals surface area contributed by atoms with E-state index in [1.54, 1.807) is 24.3 Å². The minimum atomic E-state index is -4.87. The van der Waals surface area contributed by atoms with E-state index >= 15 is 0 Å². The molecule has 0 N–H and O–H groups in total. The quantitative estimate of drug-likeness (QED) is 0.136. The molecule has 0 aliphatic heterocycles. The number of thioether (sulfide) groups is 1. The van der Waals surface area contributed by atoms with Gasteiger partial charge in [-0.3, -0.25) is 10.1 Å². The number of carbonyl (C=O) groups is 1. The molecule has 0 unspecified atom stereocenters. The molecule has 15 heteroatoms. The number of nitro benzene ring substituents is 1. The average Bonchev–Trinajstić information content (AvgIpc) is 3.28. The van der Waals surface area contributed by atoms with E-state index in [-0.39, 0.29) is 27.9 Å². The SMILES string of the molecule is CO/N=C(/C(=O)OC)c1ccccc1CSc1nnc(C(F)(F)F)n1/N=C/c1cccc([N+](=O)[O-])c1. The lowest BCUT2D eigenvalue weighted by Crippen LogP contribution is -2.19. The van der Waals surface area contributed by atoms with E-state index in [0.717, 1.165) is 24.0 Å². The molecule has 11 nitrogen and oxygen atoms in total. The van der Waals surface area contributed by atoms with E-state index in [1.165, 1.54) is 32.4 Å². The first-order valence-electron chi connectivity index (χ1n) is 9.87. The van der Waals surface area contributed by atoms with Gasteiger partial charge in [0.1, 0.15) is 7.11 Å². The molecule has 0 aliphatic rings. The van der Waals surface area contributed by atoms with E-state index in [4.69, 9.17) is 9.57 Å². The molecular weight excluding hydrogens is 505 g/mol. The highest BCUT2D eigenvalue weighted by atomic mass is 32.2. The van der Waals surface area contributed by atoms with Crippen molar-refractivity contribution in [2.45, 2.75) is 17.1 Å². The summed E-state index contributed by atoms with van der Waals surface area (Å²) in [5.41, 5.74) is 0.697. The predicted molar refractivity (Wildman–Crippen MR) is 123 cm³/mol. The molecule has 0 bridgehead atoms. The van der Waals surface area contributed by atoms with Gasteiger partial charge in [-0.25, -0.2) is 4.79 Å². The minimum absolute atomic E-state index is 0.0538. The molecule has 0 saturated carbocycles. The van der Waals surface area contributed by atoms with Crippen molar-refractivity contribution >= 4 is 35.3 Å². The van der Waals surface area contributed by atoms with Crippen molar-refractivity contribution in [1.82, 2.24) is 14.9 Å². The number of oxime groups is 1. The van der Waals surface area contributed by atoms with Gasteiger partial charge < -0.3 is 9.57 Å². The molecule has 0 spiro atoms. The summed E-state index contributed by atoms with van der Waals surface area (Å²) in [5, 5.41) is 25.1. The summed E-state index contributed by atoms with van der Waals surface area (Å²) in [6, 6.07) is 11.8. The van der Waals surface area contributed by atoms with Crippen LogP contribution in [0.4, 0.5) is 18.9 Å². The number of non-ortho nitro benzene ring substituents is 1. The van der Waals surface area contributed by atoms with Gasteiger partial charge in [0, 0.05) is 29.0 Å². The normalized spacial score (nSPS) is 12.1. The van der Waals surface area contributed by atoms with Crippen LogP contribution in [0.25, 0.3) is 0 Å². The van der Waals surface area contributed by atoms with Crippen LogP contribution in [0, 0.1) is 10.1 Å². The smallest absolute Gasteiger partial charge is 0.453 e. The molecule has 2 aromatic carbocycles. The van der Waals surface area contributed by atoms with Crippen molar-refractivity contribution in [1.29, 1.82) is 0 Å². The Morgan fingerprint density at radius 2 is 1.94 bits per heavy atom. The van der Waals surface area contributed by atoms with Gasteiger partial charge in [0.2, 0.25) is 5.16 Å². The van der Waals surface area contributed by atoms with Gasteiger partial charge in [-0.05, 0) is 5.56 Å². The fourth-order valence-electron chi connectivity index (χ4n) is 2.88. The van der Waals surface area contributed by atoms with Gasteiger partial charge in [0.05, 0.1) is 18.2 Å². The number of benzene rings is 2. The first kappa shape index (κ1) is 26.3. The van der Waals surface area contributed by atoms with Crippen LogP contribution in [0.15, 0.2) is 63.9 Å². The lowest BCUT2D eigenvalue weighted by atomic mass is 10.0. The Kier molecular flexibility index (Phi) is 8.37. The van der Waals surface area contributed by atoms with Crippen LogP contribution in [0.1, 0.15) is 22.5 Å². The number of ether oxygens (including phenoxy) is 1. The summed E-state index contributed by atoms with van der Waals surface area (Å²) in [5.74, 6) is -2.09. The lowest BCUT2D eigenvalue weighted by molar-refractivity contribution is -0.384. The molecule has 0 aliphatic carbocycles. The first-order valence-corrected chi connectivity index (χ1v) is 10.9. The molecule has 0 saturated heterocycles. The Hall–Kier alpha value is -4.27. The second-order valence-corrected chi connectivity index (χ2v) is 7.71. The second kappa shape index (κ2) is 11.4. The van der Waals surface area contributed by atoms with Crippen molar-refractivity contribution in [2.75, 3.05) is 14.2 Å². The van der Waals surface area contributed by atoms with Gasteiger partial charge in [-0.1, -0.05) is 53.3 Å². The molecule has 3 aromatic rings. The van der Waals surface area contributed by atoms with Gasteiger partial charge in [0.25, 0.3) is 11.5 Å². The summed E-state index contributed by atoms with van der Waals surface area (Å²) in [4.78, 5) is 27.2. The number of rotatable bonds is 9. The summed E-state index contributed by atoms with van der Waals surface area (Å²) < 4.78 is 45.8. The molecular formula is C21H17F3N6O5S. The highest BCUT2D eigenvalue weighted by Gasteiger charge is 2.39. The zero-order valence-electron chi connectivity index (χ0n) is 18.7. The molecule has 0 atom stereocenters. The third-order valence-electron chi connectivity index (χ3n) is 4.46. The largest absolute Gasteiger partial charge is 0.464 e. The Labute approximate surface area is 205 Å². The number of halogens is 3. The predicted octanol–water partition coefficient (Wildman–Crippen LogP) is 3.90.